The van der Waals surface area contributed by atoms with Gasteiger partial charge >= 0.3 is 0 Å². The summed E-state index contributed by atoms with van der Waals surface area (Å²) in [6.07, 6.45) is 2.28. The van der Waals surface area contributed by atoms with Gasteiger partial charge in [-0.3, -0.25) is 14.5 Å². The Balaban J connectivity index is 1.48. The fraction of sp³-hybridized carbons (Fsp3) is 0.391. The first kappa shape index (κ1) is 20.9. The smallest absolute Gasteiger partial charge is 0.238 e. The fourth-order valence-corrected chi connectivity index (χ4v) is 3.32. The van der Waals surface area contributed by atoms with Crippen LogP contribution in [-0.4, -0.2) is 44.0 Å². The van der Waals surface area contributed by atoms with Crippen LogP contribution in [0.3, 0.4) is 0 Å². The van der Waals surface area contributed by atoms with Crippen LogP contribution in [0.2, 0.25) is 0 Å². The lowest BCUT2D eigenvalue weighted by Gasteiger charge is -2.22. The number of benzene rings is 2. The number of carbonyl (C=O) groups excluding carboxylic acids is 2. The minimum absolute atomic E-state index is 0.0459. The third-order valence-corrected chi connectivity index (χ3v) is 5.05. The molecule has 1 saturated carbocycles. The summed E-state index contributed by atoms with van der Waals surface area (Å²) in [5.74, 6) is 1.01. The predicted molar refractivity (Wildman–Crippen MR) is 114 cm³/mol. The number of nitrogens with one attached hydrogen (secondary N) is 2. The molecule has 1 aliphatic carbocycles. The molecule has 3 rings (SSSR count). The minimum atomic E-state index is -0.164. The molecule has 0 heterocycles. The van der Waals surface area contributed by atoms with Gasteiger partial charge in [0.2, 0.25) is 11.8 Å². The topological polar surface area (TPSA) is 70.7 Å². The number of hydrogen-bond acceptors (Lipinski definition) is 4. The van der Waals surface area contributed by atoms with Gasteiger partial charge in [-0.2, -0.15) is 0 Å². The van der Waals surface area contributed by atoms with E-state index in [0.717, 1.165) is 24.2 Å². The maximum atomic E-state index is 12.5. The molecule has 29 heavy (non-hydrogen) atoms. The molecule has 1 unspecified atom stereocenters. The Morgan fingerprint density at radius 3 is 2.24 bits per heavy atom. The zero-order valence-corrected chi connectivity index (χ0v) is 17.3. The van der Waals surface area contributed by atoms with Crippen LogP contribution in [0.25, 0.3) is 0 Å². The normalized spacial score (nSPS) is 14.3. The highest BCUT2D eigenvalue weighted by molar-refractivity contribution is 5.92. The molecular weight excluding hydrogens is 366 g/mol. The van der Waals surface area contributed by atoms with Gasteiger partial charge in [-0.1, -0.05) is 29.8 Å². The van der Waals surface area contributed by atoms with E-state index in [9.17, 15) is 9.59 Å². The van der Waals surface area contributed by atoms with Gasteiger partial charge < -0.3 is 15.4 Å². The number of anilines is 1. The second-order valence-electron chi connectivity index (χ2n) is 7.74. The van der Waals surface area contributed by atoms with Crippen molar-refractivity contribution in [2.24, 2.45) is 5.92 Å². The number of carbonyl (C=O) groups is 2. The van der Waals surface area contributed by atoms with Gasteiger partial charge in [0, 0.05) is 5.69 Å². The number of hydrogen-bond donors (Lipinski definition) is 2. The van der Waals surface area contributed by atoms with Gasteiger partial charge in [0.1, 0.15) is 5.75 Å². The molecule has 6 heteroatoms. The Bertz CT molecular complexity index is 829. The van der Waals surface area contributed by atoms with Crippen LogP contribution in [-0.2, 0) is 9.59 Å². The third-order valence-electron chi connectivity index (χ3n) is 5.05. The molecule has 0 bridgehead atoms. The maximum absolute atomic E-state index is 12.5. The summed E-state index contributed by atoms with van der Waals surface area (Å²) in [4.78, 5) is 26.5. The summed E-state index contributed by atoms with van der Waals surface area (Å²) in [7, 11) is 3.37. The van der Waals surface area contributed by atoms with E-state index in [1.807, 2.05) is 0 Å². The van der Waals surface area contributed by atoms with Crippen molar-refractivity contribution in [3.8, 4) is 5.75 Å². The summed E-state index contributed by atoms with van der Waals surface area (Å²) < 4.78 is 5.11. The lowest BCUT2D eigenvalue weighted by atomic mass is 10.0. The molecule has 6 nitrogen and oxygen atoms in total. The van der Waals surface area contributed by atoms with Crippen molar-refractivity contribution in [1.29, 1.82) is 0 Å². The molecule has 0 saturated heterocycles. The first-order chi connectivity index (χ1) is 13.9. The SMILES string of the molecule is COc1ccc(NC(=O)CN(C)CC(=O)NC(c2ccc(C)cc2)C2CC2)cc1. The van der Waals surface area contributed by atoms with E-state index in [1.54, 1.807) is 43.3 Å². The van der Waals surface area contributed by atoms with Gasteiger partial charge in [0.25, 0.3) is 0 Å². The average Bonchev–Trinajstić information content (AvgIpc) is 3.52. The molecule has 2 aromatic rings. The van der Waals surface area contributed by atoms with Crippen molar-refractivity contribution < 1.29 is 14.3 Å². The van der Waals surface area contributed by atoms with Crippen molar-refractivity contribution in [1.82, 2.24) is 10.2 Å². The molecule has 2 aromatic carbocycles. The van der Waals surface area contributed by atoms with Gasteiger partial charge in [0.15, 0.2) is 0 Å². The van der Waals surface area contributed by atoms with Gasteiger partial charge in [0.05, 0.1) is 26.2 Å². The van der Waals surface area contributed by atoms with Crippen LogP contribution in [0.1, 0.15) is 30.0 Å². The first-order valence-corrected chi connectivity index (χ1v) is 9.93. The molecule has 0 aliphatic heterocycles. The average molecular weight is 396 g/mol. The van der Waals surface area contributed by atoms with Crippen molar-refractivity contribution in [2.75, 3.05) is 32.6 Å². The van der Waals surface area contributed by atoms with Crippen LogP contribution in [0.5, 0.6) is 5.75 Å². The van der Waals surface area contributed by atoms with Crippen molar-refractivity contribution in [2.45, 2.75) is 25.8 Å². The van der Waals surface area contributed by atoms with E-state index in [0.29, 0.717) is 11.6 Å². The fourth-order valence-electron chi connectivity index (χ4n) is 3.32. The maximum Gasteiger partial charge on any atom is 0.238 e. The number of methoxy groups -OCH3 is 1. The molecule has 0 aromatic heterocycles. The summed E-state index contributed by atoms with van der Waals surface area (Å²) >= 11 is 0. The summed E-state index contributed by atoms with van der Waals surface area (Å²) in [5, 5.41) is 5.98. The third kappa shape index (κ3) is 6.32. The molecule has 0 spiro atoms. The van der Waals surface area contributed by atoms with Crippen LogP contribution < -0.4 is 15.4 Å². The van der Waals surface area contributed by atoms with Gasteiger partial charge in [-0.25, -0.2) is 0 Å². The zero-order chi connectivity index (χ0) is 20.8. The molecule has 2 amide bonds. The summed E-state index contributed by atoms with van der Waals surface area (Å²) in [5.41, 5.74) is 3.05. The Kier molecular flexibility index (Phi) is 6.88. The number of amides is 2. The first-order valence-electron chi connectivity index (χ1n) is 9.93. The summed E-state index contributed by atoms with van der Waals surface area (Å²) in [6.45, 7) is 2.36. The van der Waals surface area contributed by atoms with Gasteiger partial charge in [-0.15, -0.1) is 0 Å². The Hall–Kier alpha value is -2.86. The predicted octanol–water partition coefficient (Wildman–Crippen LogP) is 3.14. The van der Waals surface area contributed by atoms with Crippen molar-refractivity contribution >= 4 is 17.5 Å². The number of likely N-dealkylation sites (N-methyl/N-ethyl adjacent to an activating group) is 1. The van der Waals surface area contributed by atoms with Crippen molar-refractivity contribution in [3.05, 3.63) is 59.7 Å². The lowest BCUT2D eigenvalue weighted by Crippen LogP contribution is -2.40. The number of ether oxygens (including phenoxy) is 1. The second-order valence-corrected chi connectivity index (χ2v) is 7.74. The highest BCUT2D eigenvalue weighted by Crippen LogP contribution is 2.41. The molecule has 1 atom stereocenters. The standard InChI is InChI=1S/C23H29N3O3/c1-16-4-6-17(7-5-16)23(18-8-9-18)25-22(28)15-26(2)14-21(27)24-19-10-12-20(29-3)13-11-19/h4-7,10-13,18,23H,8-9,14-15H2,1-3H3,(H,24,27)(H,25,28). The second kappa shape index (κ2) is 9.56. The van der Waals surface area contributed by atoms with E-state index in [1.165, 1.54) is 5.56 Å². The van der Waals surface area contributed by atoms with E-state index < -0.39 is 0 Å². The van der Waals surface area contributed by atoms with Crippen LogP contribution in [0, 0.1) is 12.8 Å². The molecule has 1 fully saturated rings. The lowest BCUT2D eigenvalue weighted by molar-refractivity contribution is -0.123. The molecule has 0 radical (unpaired) electrons. The molecule has 154 valence electrons. The van der Waals surface area contributed by atoms with Crippen molar-refractivity contribution in [3.63, 3.8) is 0 Å². The van der Waals surface area contributed by atoms with E-state index in [4.69, 9.17) is 4.74 Å². The van der Waals surface area contributed by atoms with E-state index in [-0.39, 0.29) is 30.9 Å². The highest BCUT2D eigenvalue weighted by atomic mass is 16.5. The number of aryl methyl sites for hydroxylation is 1. The minimum Gasteiger partial charge on any atom is -0.497 e. The number of rotatable bonds is 9. The number of nitrogens with zero attached hydrogens (tertiary/aromatic N) is 1. The molecule has 1 aliphatic rings. The quantitative estimate of drug-likeness (QED) is 0.684. The van der Waals surface area contributed by atoms with E-state index >= 15 is 0 Å². The molecular formula is C23H29N3O3. The highest BCUT2D eigenvalue weighted by Gasteiger charge is 2.33. The van der Waals surface area contributed by atoms with Crippen LogP contribution in [0.15, 0.2) is 48.5 Å². The van der Waals surface area contributed by atoms with Crippen LogP contribution in [0.4, 0.5) is 5.69 Å². The Morgan fingerprint density at radius 2 is 1.66 bits per heavy atom. The zero-order valence-electron chi connectivity index (χ0n) is 17.3. The van der Waals surface area contributed by atoms with Crippen LogP contribution >= 0.6 is 0 Å². The van der Waals surface area contributed by atoms with E-state index in [2.05, 4.69) is 41.8 Å². The van der Waals surface area contributed by atoms with Gasteiger partial charge in [-0.05, 0) is 62.6 Å². The Labute approximate surface area is 172 Å². The Morgan fingerprint density at radius 1 is 1.03 bits per heavy atom. The molecule has 2 N–H and O–H groups in total. The largest absolute Gasteiger partial charge is 0.497 e. The summed E-state index contributed by atoms with van der Waals surface area (Å²) in [6, 6.07) is 15.5. The monoisotopic (exact) mass is 395 g/mol.